The molecule has 0 amide bonds. The van der Waals surface area contributed by atoms with Crippen LogP contribution in [0, 0.1) is 5.82 Å². The molecule has 0 bridgehead atoms. The van der Waals surface area contributed by atoms with Crippen molar-refractivity contribution >= 4 is 11.6 Å². The summed E-state index contributed by atoms with van der Waals surface area (Å²) in [5.41, 5.74) is 1.51. The zero-order chi connectivity index (χ0) is 15.8. The Morgan fingerprint density at radius 2 is 2.00 bits per heavy atom. The summed E-state index contributed by atoms with van der Waals surface area (Å²) in [7, 11) is 7.45. The monoisotopic (exact) mass is 294 g/mol. The minimum Gasteiger partial charge on any atom is -0.375 e. The minimum atomic E-state index is -0.200. The van der Waals surface area contributed by atoms with Crippen LogP contribution in [0.3, 0.4) is 0 Å². The van der Waals surface area contributed by atoms with E-state index in [-0.39, 0.29) is 5.82 Å². The van der Waals surface area contributed by atoms with Gasteiger partial charge in [-0.2, -0.15) is 0 Å². The molecule has 0 heterocycles. The van der Waals surface area contributed by atoms with Gasteiger partial charge < -0.3 is 15.1 Å². The molecule has 0 unspecified atom stereocenters. The van der Waals surface area contributed by atoms with E-state index in [2.05, 4.69) is 22.1 Å². The van der Waals surface area contributed by atoms with Crippen LogP contribution in [0.25, 0.3) is 0 Å². The summed E-state index contributed by atoms with van der Waals surface area (Å²) in [6.07, 6.45) is 2.28. The Morgan fingerprint density at radius 3 is 2.52 bits per heavy atom. The number of guanidine groups is 1. The van der Waals surface area contributed by atoms with Crippen LogP contribution in [0.15, 0.2) is 23.2 Å². The van der Waals surface area contributed by atoms with Gasteiger partial charge in [0.25, 0.3) is 0 Å². The molecule has 0 aliphatic carbocycles. The fourth-order valence-electron chi connectivity index (χ4n) is 2.09. The molecule has 0 saturated carbocycles. The van der Waals surface area contributed by atoms with Crippen molar-refractivity contribution in [3.05, 3.63) is 29.6 Å². The Bertz CT molecular complexity index is 471. The predicted molar refractivity (Wildman–Crippen MR) is 88.5 cm³/mol. The molecule has 1 rings (SSSR count). The van der Waals surface area contributed by atoms with Gasteiger partial charge in [-0.1, -0.05) is 19.4 Å². The number of nitrogens with one attached hydrogen (secondary N) is 1. The fraction of sp³-hybridized carbons (Fsp3) is 0.562. The van der Waals surface area contributed by atoms with Gasteiger partial charge in [0.05, 0.1) is 5.69 Å². The van der Waals surface area contributed by atoms with Crippen LogP contribution in [-0.4, -0.2) is 45.6 Å². The summed E-state index contributed by atoms with van der Waals surface area (Å²) in [5, 5.41) is 3.27. The van der Waals surface area contributed by atoms with E-state index in [1.807, 2.05) is 27.2 Å². The van der Waals surface area contributed by atoms with Gasteiger partial charge in [-0.25, -0.2) is 4.39 Å². The first kappa shape index (κ1) is 17.3. The lowest BCUT2D eigenvalue weighted by atomic mass is 10.2. The number of aliphatic imine (C=N–C) groups is 1. The lowest BCUT2D eigenvalue weighted by Gasteiger charge is -2.22. The third kappa shape index (κ3) is 5.25. The van der Waals surface area contributed by atoms with E-state index < -0.39 is 0 Å². The second kappa shape index (κ2) is 8.49. The average molecular weight is 294 g/mol. The van der Waals surface area contributed by atoms with E-state index in [0.717, 1.165) is 30.9 Å². The highest BCUT2D eigenvalue weighted by molar-refractivity contribution is 5.79. The number of nitrogens with zero attached hydrogens (tertiary/aromatic N) is 3. The average Bonchev–Trinajstić information content (AvgIpc) is 2.45. The Hall–Kier alpha value is -1.78. The molecule has 0 saturated heterocycles. The van der Waals surface area contributed by atoms with Gasteiger partial charge in [0.2, 0.25) is 0 Å². The van der Waals surface area contributed by atoms with E-state index in [1.54, 1.807) is 24.1 Å². The Morgan fingerprint density at radius 1 is 1.29 bits per heavy atom. The molecule has 118 valence electrons. The van der Waals surface area contributed by atoms with E-state index in [9.17, 15) is 4.39 Å². The first-order valence-corrected chi connectivity index (χ1v) is 7.37. The SMILES string of the molecule is CCCCN(C)C(=NC)NCc1ccc(N(C)C)c(F)c1. The third-order valence-electron chi connectivity index (χ3n) is 3.36. The van der Waals surface area contributed by atoms with Crippen molar-refractivity contribution in [2.45, 2.75) is 26.3 Å². The molecule has 0 fully saturated rings. The first-order valence-electron chi connectivity index (χ1n) is 7.37. The largest absolute Gasteiger partial charge is 0.375 e. The van der Waals surface area contributed by atoms with Crippen molar-refractivity contribution in [2.75, 3.05) is 39.6 Å². The predicted octanol–water partition coefficient (Wildman–Crippen LogP) is 2.70. The standard InChI is InChI=1S/C16H27FN4/c1-6-7-10-21(5)16(18-2)19-12-13-8-9-15(20(3)4)14(17)11-13/h8-9,11H,6-7,10,12H2,1-5H3,(H,18,19). The van der Waals surface area contributed by atoms with Gasteiger partial charge in [0, 0.05) is 41.3 Å². The Kier molecular flexibility index (Phi) is 6.99. The van der Waals surface area contributed by atoms with Crippen molar-refractivity contribution in [1.29, 1.82) is 0 Å². The number of halogens is 1. The molecule has 4 nitrogen and oxygen atoms in total. The zero-order valence-corrected chi connectivity index (χ0v) is 13.8. The second-order valence-corrected chi connectivity index (χ2v) is 5.36. The number of hydrogen-bond acceptors (Lipinski definition) is 2. The lowest BCUT2D eigenvalue weighted by Crippen LogP contribution is -2.38. The smallest absolute Gasteiger partial charge is 0.193 e. The molecular weight excluding hydrogens is 267 g/mol. The van der Waals surface area contributed by atoms with Gasteiger partial charge >= 0.3 is 0 Å². The molecular formula is C16H27FN4. The van der Waals surface area contributed by atoms with Gasteiger partial charge in [-0.3, -0.25) is 4.99 Å². The molecule has 0 aliphatic heterocycles. The molecule has 21 heavy (non-hydrogen) atoms. The minimum absolute atomic E-state index is 0.200. The zero-order valence-electron chi connectivity index (χ0n) is 13.8. The number of unbranched alkanes of at least 4 members (excludes halogenated alkanes) is 1. The Labute approximate surface area is 127 Å². The number of hydrogen-bond donors (Lipinski definition) is 1. The van der Waals surface area contributed by atoms with E-state index >= 15 is 0 Å². The molecule has 0 atom stereocenters. The van der Waals surface area contributed by atoms with Crippen LogP contribution in [-0.2, 0) is 6.54 Å². The molecule has 5 heteroatoms. The molecule has 1 aromatic carbocycles. The van der Waals surface area contributed by atoms with Crippen LogP contribution in [0.5, 0.6) is 0 Å². The van der Waals surface area contributed by atoms with E-state index in [4.69, 9.17) is 0 Å². The van der Waals surface area contributed by atoms with Crippen LogP contribution < -0.4 is 10.2 Å². The van der Waals surface area contributed by atoms with Crippen LogP contribution >= 0.6 is 0 Å². The van der Waals surface area contributed by atoms with Crippen molar-refractivity contribution in [1.82, 2.24) is 10.2 Å². The molecule has 1 aromatic rings. The van der Waals surface area contributed by atoms with Gasteiger partial charge in [-0.15, -0.1) is 0 Å². The van der Waals surface area contributed by atoms with E-state index in [1.165, 1.54) is 0 Å². The quantitative estimate of drug-likeness (QED) is 0.646. The lowest BCUT2D eigenvalue weighted by molar-refractivity contribution is 0.464. The summed E-state index contributed by atoms with van der Waals surface area (Å²) in [6, 6.07) is 5.31. The Balaban J connectivity index is 2.63. The maximum Gasteiger partial charge on any atom is 0.193 e. The molecule has 0 aromatic heterocycles. The molecule has 0 spiro atoms. The topological polar surface area (TPSA) is 30.9 Å². The highest BCUT2D eigenvalue weighted by atomic mass is 19.1. The van der Waals surface area contributed by atoms with Crippen LogP contribution in [0.1, 0.15) is 25.3 Å². The normalized spacial score (nSPS) is 11.4. The van der Waals surface area contributed by atoms with Crippen LogP contribution in [0.4, 0.5) is 10.1 Å². The third-order valence-corrected chi connectivity index (χ3v) is 3.36. The second-order valence-electron chi connectivity index (χ2n) is 5.36. The maximum absolute atomic E-state index is 13.9. The van der Waals surface area contributed by atoms with Crippen molar-refractivity contribution in [3.63, 3.8) is 0 Å². The molecule has 0 radical (unpaired) electrons. The number of rotatable bonds is 6. The fourth-order valence-corrected chi connectivity index (χ4v) is 2.09. The first-order chi connectivity index (χ1) is 9.99. The van der Waals surface area contributed by atoms with E-state index in [0.29, 0.717) is 12.2 Å². The van der Waals surface area contributed by atoms with Crippen molar-refractivity contribution in [2.24, 2.45) is 4.99 Å². The highest BCUT2D eigenvalue weighted by Gasteiger charge is 2.07. The summed E-state index contributed by atoms with van der Waals surface area (Å²) < 4.78 is 13.9. The summed E-state index contributed by atoms with van der Waals surface area (Å²) in [5.74, 6) is 0.633. The highest BCUT2D eigenvalue weighted by Crippen LogP contribution is 2.18. The van der Waals surface area contributed by atoms with Gasteiger partial charge in [0.1, 0.15) is 5.82 Å². The van der Waals surface area contributed by atoms with Gasteiger partial charge in [-0.05, 0) is 24.1 Å². The summed E-state index contributed by atoms with van der Waals surface area (Å²) in [6.45, 7) is 3.69. The number of anilines is 1. The van der Waals surface area contributed by atoms with Crippen molar-refractivity contribution in [3.8, 4) is 0 Å². The van der Waals surface area contributed by atoms with Crippen LogP contribution in [0.2, 0.25) is 0 Å². The summed E-state index contributed by atoms with van der Waals surface area (Å²) >= 11 is 0. The summed E-state index contributed by atoms with van der Waals surface area (Å²) in [4.78, 5) is 8.11. The number of benzene rings is 1. The van der Waals surface area contributed by atoms with Gasteiger partial charge in [0.15, 0.2) is 5.96 Å². The molecule has 1 N–H and O–H groups in total. The van der Waals surface area contributed by atoms with Crippen molar-refractivity contribution < 1.29 is 4.39 Å². The maximum atomic E-state index is 13.9. The molecule has 0 aliphatic rings.